The van der Waals surface area contributed by atoms with Crippen LogP contribution < -0.4 is 0 Å². The van der Waals surface area contributed by atoms with Gasteiger partial charge in [-0.15, -0.1) is 12.4 Å². The van der Waals surface area contributed by atoms with Crippen molar-refractivity contribution in [2.24, 2.45) is 0 Å². The van der Waals surface area contributed by atoms with Crippen LogP contribution in [-0.2, 0) is 9.24 Å². The highest BCUT2D eigenvalue weighted by molar-refractivity contribution is 8.11. The smallest absolute Gasteiger partial charge is 0.195 e. The molecule has 0 bridgehead atoms. The van der Waals surface area contributed by atoms with Gasteiger partial charge < -0.3 is 0 Å². The van der Waals surface area contributed by atoms with Gasteiger partial charge in [0.1, 0.15) is 0 Å². The highest BCUT2D eigenvalue weighted by atomic mass is 35.7. The van der Waals surface area contributed by atoms with Gasteiger partial charge in [0.25, 0.3) is 9.24 Å². The molecule has 0 atom stereocenters. The van der Waals surface area contributed by atoms with Gasteiger partial charge in [-0.2, -0.15) is 12.7 Å². The van der Waals surface area contributed by atoms with Crippen molar-refractivity contribution >= 4 is 32.3 Å². The number of hydrogen-bond donors (Lipinski definition) is 0. The Labute approximate surface area is 59.6 Å². The molecule has 52 valence electrons. The summed E-state index contributed by atoms with van der Waals surface area (Å²) in [4.78, 5) is 0. The summed E-state index contributed by atoms with van der Waals surface area (Å²) in [6.07, 6.45) is 0. The Kier molecular flexibility index (Phi) is 4.95. The topological polar surface area (TPSA) is 37.4 Å². The highest BCUT2D eigenvalue weighted by Crippen LogP contribution is 1.96. The zero-order chi connectivity index (χ0) is 6.08. The monoisotopic (exact) mass is 179 g/mol. The van der Waals surface area contributed by atoms with E-state index in [1.54, 1.807) is 0 Å². The van der Waals surface area contributed by atoms with Gasteiger partial charge in [0.15, 0.2) is 0 Å². The maximum Gasteiger partial charge on any atom is 0.299 e. The molecule has 0 aliphatic heterocycles. The first-order valence-electron chi connectivity index (χ1n) is 1.56. The predicted molar refractivity (Wildman–Crippen MR) is 35.7 cm³/mol. The van der Waals surface area contributed by atoms with Crippen LogP contribution in [0.4, 0.5) is 0 Å². The summed E-state index contributed by atoms with van der Waals surface area (Å²) in [7, 11) is 4.06. The summed E-state index contributed by atoms with van der Waals surface area (Å²) in [5, 5.41) is 0. The number of halogens is 2. The van der Waals surface area contributed by atoms with Crippen LogP contribution >= 0.6 is 23.1 Å². The lowest BCUT2D eigenvalue weighted by Gasteiger charge is -2.00. The molecule has 0 aromatic carbocycles. The van der Waals surface area contributed by atoms with Crippen molar-refractivity contribution in [3.05, 3.63) is 0 Å². The molecule has 0 heterocycles. The quantitative estimate of drug-likeness (QED) is 0.549. The van der Waals surface area contributed by atoms with Crippen molar-refractivity contribution in [1.29, 1.82) is 0 Å². The van der Waals surface area contributed by atoms with E-state index in [0.29, 0.717) is 0 Å². The van der Waals surface area contributed by atoms with Gasteiger partial charge in [0.2, 0.25) is 0 Å². The molecule has 8 heavy (non-hydrogen) atoms. The minimum atomic E-state index is -3.44. The van der Waals surface area contributed by atoms with E-state index in [-0.39, 0.29) is 12.4 Å². The van der Waals surface area contributed by atoms with Gasteiger partial charge in [-0.25, -0.2) is 0 Å². The highest BCUT2D eigenvalue weighted by Gasteiger charge is 2.04. The lowest BCUT2D eigenvalue weighted by atomic mass is 11.3. The van der Waals surface area contributed by atoms with Crippen molar-refractivity contribution < 1.29 is 8.42 Å². The van der Waals surface area contributed by atoms with Crippen molar-refractivity contribution in [2.75, 3.05) is 14.1 Å². The molecule has 0 aromatic rings. The fourth-order valence-corrected chi connectivity index (χ4v) is 0. The van der Waals surface area contributed by atoms with Crippen LogP contribution in [0.3, 0.4) is 0 Å². The summed E-state index contributed by atoms with van der Waals surface area (Å²) in [6, 6.07) is 0. The largest absolute Gasteiger partial charge is 0.299 e. The lowest BCUT2D eigenvalue weighted by Crippen LogP contribution is -2.15. The molecule has 0 amide bonds. The van der Waals surface area contributed by atoms with Crippen LogP contribution in [0.2, 0.25) is 0 Å². The van der Waals surface area contributed by atoms with Gasteiger partial charge in [0.05, 0.1) is 0 Å². The van der Waals surface area contributed by atoms with E-state index in [4.69, 9.17) is 10.7 Å². The second-order valence-corrected chi connectivity index (χ2v) is 3.95. The first-order chi connectivity index (χ1) is 2.94. The van der Waals surface area contributed by atoms with Gasteiger partial charge in [-0.3, -0.25) is 0 Å². The molecule has 0 rings (SSSR count). The molecule has 3 nitrogen and oxygen atoms in total. The molecule has 6 heteroatoms. The average Bonchev–Trinajstić information content (AvgIpc) is 1.31. The van der Waals surface area contributed by atoms with E-state index in [0.717, 1.165) is 4.31 Å². The second kappa shape index (κ2) is 3.50. The van der Waals surface area contributed by atoms with Crippen LogP contribution in [-0.4, -0.2) is 26.8 Å². The third-order valence-corrected chi connectivity index (χ3v) is 2.14. The molecule has 0 spiro atoms. The zero-order valence-electron chi connectivity index (χ0n) is 4.46. The maximum atomic E-state index is 10.0. The molecule has 0 aliphatic rings. The molecular weight excluding hydrogens is 173 g/mol. The van der Waals surface area contributed by atoms with Gasteiger partial charge in [-0.05, 0) is 0 Å². The minimum Gasteiger partial charge on any atom is -0.195 e. The Morgan fingerprint density at radius 2 is 1.50 bits per heavy atom. The predicted octanol–water partition coefficient (Wildman–Crippen LogP) is 0.453. The van der Waals surface area contributed by atoms with E-state index in [2.05, 4.69) is 0 Å². The first kappa shape index (κ1) is 11.3. The molecular formula is C2H7Cl2NO2S. The molecule has 0 aromatic heterocycles. The molecule has 0 N–H and O–H groups in total. The van der Waals surface area contributed by atoms with Crippen LogP contribution in [0.25, 0.3) is 0 Å². The molecule has 0 aliphatic carbocycles. The van der Waals surface area contributed by atoms with Crippen LogP contribution in [0.15, 0.2) is 0 Å². The number of nitrogens with zero attached hydrogens (tertiary/aromatic N) is 1. The summed E-state index contributed by atoms with van der Waals surface area (Å²) >= 11 is 0. The Balaban J connectivity index is 0. The average molecular weight is 180 g/mol. The van der Waals surface area contributed by atoms with E-state index in [1.165, 1.54) is 14.1 Å². The zero-order valence-corrected chi connectivity index (χ0v) is 6.85. The first-order valence-corrected chi connectivity index (χ1v) is 3.83. The molecule has 0 radical (unpaired) electrons. The fraction of sp³-hybridized carbons (Fsp3) is 1.00. The maximum absolute atomic E-state index is 10.0. The molecule has 0 unspecified atom stereocenters. The Morgan fingerprint density at radius 3 is 1.50 bits per heavy atom. The van der Waals surface area contributed by atoms with E-state index in [9.17, 15) is 8.42 Å². The molecule has 0 saturated carbocycles. The van der Waals surface area contributed by atoms with E-state index < -0.39 is 9.24 Å². The van der Waals surface area contributed by atoms with E-state index in [1.807, 2.05) is 0 Å². The third-order valence-electron chi connectivity index (χ3n) is 0.436. The fourth-order valence-electron chi connectivity index (χ4n) is 0. The number of rotatable bonds is 1. The lowest BCUT2D eigenvalue weighted by molar-refractivity contribution is 0.537. The summed E-state index contributed by atoms with van der Waals surface area (Å²) in [5.74, 6) is 0. The van der Waals surface area contributed by atoms with Crippen LogP contribution in [0.5, 0.6) is 0 Å². The summed E-state index contributed by atoms with van der Waals surface area (Å²) in [6.45, 7) is 0. The van der Waals surface area contributed by atoms with Crippen molar-refractivity contribution in [3.8, 4) is 0 Å². The molecule has 0 saturated heterocycles. The van der Waals surface area contributed by atoms with Crippen molar-refractivity contribution in [3.63, 3.8) is 0 Å². The minimum absolute atomic E-state index is 0. The van der Waals surface area contributed by atoms with Crippen LogP contribution in [0.1, 0.15) is 0 Å². The van der Waals surface area contributed by atoms with Crippen molar-refractivity contribution in [2.45, 2.75) is 0 Å². The summed E-state index contributed by atoms with van der Waals surface area (Å²) in [5.41, 5.74) is 0. The number of hydrogen-bond acceptors (Lipinski definition) is 2. The third kappa shape index (κ3) is 4.64. The Hall–Kier alpha value is 0.490. The Bertz CT molecular complexity index is 140. The van der Waals surface area contributed by atoms with Gasteiger partial charge in [-0.1, -0.05) is 0 Å². The van der Waals surface area contributed by atoms with E-state index >= 15 is 0 Å². The standard InChI is InChI=1S/C2H6ClNO2S.ClH/c1-4(2)7(3,5)6;/h1-2H3;1H. The second-order valence-electron chi connectivity index (χ2n) is 1.22. The Morgan fingerprint density at radius 1 is 1.38 bits per heavy atom. The van der Waals surface area contributed by atoms with Gasteiger partial charge in [0, 0.05) is 24.8 Å². The van der Waals surface area contributed by atoms with Crippen molar-refractivity contribution in [1.82, 2.24) is 4.31 Å². The SMILES string of the molecule is CN(C)S(=O)(=O)Cl.Cl. The summed E-state index contributed by atoms with van der Waals surface area (Å²) < 4.78 is 21.0. The molecule has 0 fully saturated rings. The van der Waals surface area contributed by atoms with Crippen LogP contribution in [0, 0.1) is 0 Å². The normalized spacial score (nSPS) is 11.0. The van der Waals surface area contributed by atoms with Gasteiger partial charge >= 0.3 is 0 Å².